The van der Waals surface area contributed by atoms with Gasteiger partial charge in [-0.05, 0) is 61.8 Å². The Morgan fingerprint density at radius 1 is 1.26 bits per heavy atom. The Balaban J connectivity index is 1.48. The highest BCUT2D eigenvalue weighted by molar-refractivity contribution is 7.17. The molecule has 124 valence electrons. The Morgan fingerprint density at radius 3 is 2.83 bits per heavy atom. The minimum Gasteiger partial charge on any atom is -0.465 e. The minimum absolute atomic E-state index is 0.0626. The number of aryl methyl sites for hydroxylation is 1. The fourth-order valence-electron chi connectivity index (χ4n) is 4.85. The molecule has 0 aliphatic heterocycles. The lowest BCUT2D eigenvalue weighted by Crippen LogP contribution is -2.21. The molecule has 5 heteroatoms. The zero-order chi connectivity index (χ0) is 16.0. The van der Waals surface area contributed by atoms with E-state index in [1.165, 1.54) is 37.7 Å². The van der Waals surface area contributed by atoms with E-state index in [2.05, 4.69) is 5.32 Å². The topological polar surface area (TPSA) is 55.4 Å². The van der Waals surface area contributed by atoms with Crippen molar-refractivity contribution in [2.45, 2.75) is 51.4 Å². The molecule has 1 aromatic rings. The van der Waals surface area contributed by atoms with Gasteiger partial charge in [0.15, 0.2) is 0 Å². The summed E-state index contributed by atoms with van der Waals surface area (Å²) in [6.07, 6.45) is 8.79. The first-order valence-electron chi connectivity index (χ1n) is 8.68. The van der Waals surface area contributed by atoms with Crippen LogP contribution in [0.1, 0.15) is 59.3 Å². The van der Waals surface area contributed by atoms with Gasteiger partial charge in [-0.15, -0.1) is 11.3 Å². The number of anilines is 1. The van der Waals surface area contributed by atoms with Gasteiger partial charge in [0.25, 0.3) is 0 Å². The summed E-state index contributed by atoms with van der Waals surface area (Å²) in [6, 6.07) is 0. The van der Waals surface area contributed by atoms with Crippen molar-refractivity contribution in [1.82, 2.24) is 0 Å². The molecular weight excluding hydrogens is 310 g/mol. The molecule has 0 radical (unpaired) electrons. The number of thiophene rings is 1. The fourth-order valence-corrected chi connectivity index (χ4v) is 6.15. The Hall–Kier alpha value is -1.36. The molecule has 1 amide bonds. The monoisotopic (exact) mass is 333 g/mol. The summed E-state index contributed by atoms with van der Waals surface area (Å²) in [5, 5.41) is 3.72. The van der Waals surface area contributed by atoms with Crippen LogP contribution in [0.2, 0.25) is 0 Å². The number of carbonyl (C=O) groups is 2. The predicted molar refractivity (Wildman–Crippen MR) is 89.9 cm³/mol. The van der Waals surface area contributed by atoms with Crippen LogP contribution in [-0.4, -0.2) is 19.0 Å². The average Bonchev–Trinajstić information content (AvgIpc) is 3.26. The van der Waals surface area contributed by atoms with E-state index in [0.717, 1.165) is 36.7 Å². The molecular formula is C18H23NO3S. The molecule has 3 aliphatic carbocycles. The first-order valence-corrected chi connectivity index (χ1v) is 9.50. The number of ether oxygens (including phenoxy) is 1. The van der Waals surface area contributed by atoms with Crippen molar-refractivity contribution < 1.29 is 14.3 Å². The largest absolute Gasteiger partial charge is 0.465 e. The van der Waals surface area contributed by atoms with Crippen LogP contribution in [0.5, 0.6) is 0 Å². The molecule has 1 N–H and O–H groups in total. The normalized spacial score (nSPS) is 28.0. The van der Waals surface area contributed by atoms with Crippen LogP contribution in [0.15, 0.2) is 0 Å². The molecule has 4 nitrogen and oxygen atoms in total. The van der Waals surface area contributed by atoms with Gasteiger partial charge >= 0.3 is 5.97 Å². The van der Waals surface area contributed by atoms with Crippen LogP contribution in [0.4, 0.5) is 5.00 Å². The van der Waals surface area contributed by atoms with Crippen molar-refractivity contribution in [3.8, 4) is 0 Å². The minimum atomic E-state index is -0.320. The summed E-state index contributed by atoms with van der Waals surface area (Å²) in [6.45, 7) is 0. The maximum absolute atomic E-state index is 12.5. The molecule has 4 rings (SSSR count). The predicted octanol–water partition coefficient (Wildman–Crippen LogP) is 3.79. The van der Waals surface area contributed by atoms with Crippen LogP contribution in [0.25, 0.3) is 0 Å². The number of rotatable bonds is 4. The fraction of sp³-hybridized carbons (Fsp3) is 0.667. The van der Waals surface area contributed by atoms with Crippen LogP contribution < -0.4 is 5.32 Å². The van der Waals surface area contributed by atoms with E-state index in [0.29, 0.717) is 22.9 Å². The molecule has 0 aromatic carbocycles. The first kappa shape index (κ1) is 15.2. The maximum Gasteiger partial charge on any atom is 0.341 e. The van der Waals surface area contributed by atoms with Gasteiger partial charge in [-0.2, -0.15) is 0 Å². The van der Waals surface area contributed by atoms with Crippen molar-refractivity contribution in [2.24, 2.45) is 17.8 Å². The van der Waals surface area contributed by atoms with Gasteiger partial charge < -0.3 is 10.1 Å². The Bertz CT molecular complexity index is 651. The standard InChI is InChI=1S/C18H23NO3S/c1-22-18(21)16-13-3-2-4-14(13)23-17(16)19-15(20)9-12-8-10-5-6-11(12)7-10/h10-12H,2-9H2,1H3,(H,19,20)/t10-,11+,12+/m1/s1. The summed E-state index contributed by atoms with van der Waals surface area (Å²) in [4.78, 5) is 25.8. The second kappa shape index (κ2) is 5.93. The second-order valence-electron chi connectivity index (χ2n) is 7.24. The molecule has 2 bridgehead atoms. The lowest BCUT2D eigenvalue weighted by Gasteiger charge is -2.20. The molecule has 1 heterocycles. The zero-order valence-electron chi connectivity index (χ0n) is 13.5. The molecule has 1 aromatic heterocycles. The summed E-state index contributed by atoms with van der Waals surface area (Å²) >= 11 is 1.56. The molecule has 2 fully saturated rings. The van der Waals surface area contributed by atoms with Crippen molar-refractivity contribution in [3.63, 3.8) is 0 Å². The molecule has 2 saturated carbocycles. The lowest BCUT2D eigenvalue weighted by molar-refractivity contribution is -0.117. The van der Waals surface area contributed by atoms with Crippen molar-refractivity contribution in [1.29, 1.82) is 0 Å². The summed E-state index contributed by atoms with van der Waals surface area (Å²) in [5.74, 6) is 1.89. The molecule has 3 atom stereocenters. The van der Waals surface area contributed by atoms with Crippen LogP contribution in [-0.2, 0) is 22.4 Å². The van der Waals surface area contributed by atoms with Gasteiger partial charge in [0.05, 0.1) is 12.7 Å². The number of methoxy groups -OCH3 is 1. The molecule has 0 spiro atoms. The number of esters is 1. The lowest BCUT2D eigenvalue weighted by atomic mass is 9.86. The third-order valence-corrected chi connectivity index (χ3v) is 7.10. The van der Waals surface area contributed by atoms with Crippen molar-refractivity contribution >= 4 is 28.2 Å². The maximum atomic E-state index is 12.5. The van der Waals surface area contributed by atoms with E-state index in [4.69, 9.17) is 4.74 Å². The zero-order valence-corrected chi connectivity index (χ0v) is 14.3. The highest BCUT2D eigenvalue weighted by Crippen LogP contribution is 2.49. The number of hydrogen-bond donors (Lipinski definition) is 1. The average molecular weight is 333 g/mol. The molecule has 0 unspecified atom stereocenters. The van der Waals surface area contributed by atoms with E-state index >= 15 is 0 Å². The molecule has 3 aliphatic rings. The van der Waals surface area contributed by atoms with Gasteiger partial charge in [0.1, 0.15) is 5.00 Å². The Kier molecular flexibility index (Phi) is 3.92. The Labute approximate surface area is 140 Å². The summed E-state index contributed by atoms with van der Waals surface area (Å²) in [5.41, 5.74) is 1.70. The summed E-state index contributed by atoms with van der Waals surface area (Å²) < 4.78 is 4.93. The van der Waals surface area contributed by atoms with E-state index in [-0.39, 0.29) is 11.9 Å². The van der Waals surface area contributed by atoms with E-state index in [1.807, 2.05) is 0 Å². The number of carbonyl (C=O) groups excluding carboxylic acids is 2. The highest BCUT2D eigenvalue weighted by Gasteiger charge is 2.40. The second-order valence-corrected chi connectivity index (χ2v) is 8.35. The van der Waals surface area contributed by atoms with Crippen molar-refractivity contribution in [2.75, 3.05) is 12.4 Å². The number of hydrogen-bond acceptors (Lipinski definition) is 4. The van der Waals surface area contributed by atoms with Crippen LogP contribution in [0.3, 0.4) is 0 Å². The van der Waals surface area contributed by atoms with Gasteiger partial charge in [0.2, 0.25) is 5.91 Å². The van der Waals surface area contributed by atoms with Crippen molar-refractivity contribution in [3.05, 3.63) is 16.0 Å². The SMILES string of the molecule is COC(=O)c1c(NC(=O)C[C@@H]2C[C@@H]3CC[C@H]2C3)sc2c1CCC2. The van der Waals surface area contributed by atoms with Crippen LogP contribution >= 0.6 is 11.3 Å². The van der Waals surface area contributed by atoms with Gasteiger partial charge in [-0.25, -0.2) is 4.79 Å². The van der Waals surface area contributed by atoms with E-state index in [9.17, 15) is 9.59 Å². The smallest absolute Gasteiger partial charge is 0.341 e. The van der Waals surface area contributed by atoms with E-state index < -0.39 is 0 Å². The van der Waals surface area contributed by atoms with E-state index in [1.54, 1.807) is 11.3 Å². The number of nitrogens with one attached hydrogen (secondary N) is 1. The first-order chi connectivity index (χ1) is 11.2. The summed E-state index contributed by atoms with van der Waals surface area (Å²) in [7, 11) is 1.40. The highest BCUT2D eigenvalue weighted by atomic mass is 32.1. The van der Waals surface area contributed by atoms with Gasteiger partial charge in [0, 0.05) is 11.3 Å². The number of amides is 1. The van der Waals surface area contributed by atoms with Gasteiger partial charge in [-0.3, -0.25) is 4.79 Å². The molecule has 0 saturated heterocycles. The third-order valence-electron chi connectivity index (χ3n) is 5.90. The quantitative estimate of drug-likeness (QED) is 0.853. The third kappa shape index (κ3) is 2.69. The van der Waals surface area contributed by atoms with Gasteiger partial charge in [-0.1, -0.05) is 6.42 Å². The molecule has 23 heavy (non-hydrogen) atoms. The number of fused-ring (bicyclic) bond motifs is 3. The van der Waals surface area contributed by atoms with Crippen LogP contribution in [0, 0.1) is 17.8 Å². The Morgan fingerprint density at radius 2 is 2.13 bits per heavy atom.